The Kier molecular flexibility index (Phi) is 7.43. The van der Waals surface area contributed by atoms with Crippen LogP contribution in [0.2, 0.25) is 0 Å². The topological polar surface area (TPSA) is 111 Å². The molecule has 0 unspecified atom stereocenters. The van der Waals surface area contributed by atoms with Crippen LogP contribution in [0.5, 0.6) is 0 Å². The van der Waals surface area contributed by atoms with Crippen LogP contribution in [-0.2, 0) is 22.9 Å². The molecule has 0 aliphatic carbocycles. The number of aliphatic hydroxyl groups excluding tert-OH is 1. The third-order valence-electron chi connectivity index (χ3n) is 7.15. The van der Waals surface area contributed by atoms with Crippen LogP contribution in [0.25, 0.3) is 22.2 Å². The largest absolute Gasteiger partial charge is 0.480 e. The van der Waals surface area contributed by atoms with Crippen LogP contribution < -0.4 is 5.32 Å². The van der Waals surface area contributed by atoms with Gasteiger partial charge in [0.1, 0.15) is 17.7 Å². The lowest BCUT2D eigenvalue weighted by atomic mass is 9.87. The molecule has 2 aromatic heterocycles. The summed E-state index contributed by atoms with van der Waals surface area (Å²) in [7, 11) is 0. The molecule has 11 heteroatoms. The molecule has 0 amide bonds. The van der Waals surface area contributed by atoms with Gasteiger partial charge in [-0.25, -0.2) is 9.97 Å². The van der Waals surface area contributed by atoms with Crippen LogP contribution >= 0.6 is 0 Å². The standard InChI is InChI=1S/C30H30F3N5O3/c1-29(2,3)18-7-9-19(10-8-18)35-27-21-11-6-17(26-22(30(31,32)33)5-4-12-34-26)13-23(21)36-25(37-27)16-38-15-20(39)14-24(38)28(40)41/h4-13,20,24,39H,14-16H2,1-3H3,(H,40,41)(H,35,36,37)/t20-,24+/m1/s1. The molecule has 3 N–H and O–H groups in total. The molecule has 5 rings (SSSR count). The van der Waals surface area contributed by atoms with Crippen LogP contribution in [0.1, 0.15) is 44.1 Å². The van der Waals surface area contributed by atoms with E-state index < -0.39 is 29.9 Å². The fourth-order valence-corrected chi connectivity index (χ4v) is 5.04. The minimum absolute atomic E-state index is 0.0310. The Morgan fingerprint density at radius 1 is 1.07 bits per heavy atom. The lowest BCUT2D eigenvalue weighted by molar-refractivity contribution is -0.142. The molecule has 1 aliphatic rings. The van der Waals surface area contributed by atoms with E-state index in [1.54, 1.807) is 17.0 Å². The van der Waals surface area contributed by atoms with Crippen LogP contribution in [0.4, 0.5) is 24.7 Å². The number of pyridine rings is 1. The number of aromatic nitrogens is 3. The van der Waals surface area contributed by atoms with E-state index in [0.29, 0.717) is 16.7 Å². The fourth-order valence-electron chi connectivity index (χ4n) is 5.04. The van der Waals surface area contributed by atoms with Crippen molar-refractivity contribution in [1.82, 2.24) is 19.9 Å². The number of β-amino-alcohol motifs (C(OH)–C–C–N with tert-alkyl or cyclic N) is 1. The van der Waals surface area contributed by atoms with Gasteiger partial charge in [0.15, 0.2) is 0 Å². The second-order valence-corrected chi connectivity index (χ2v) is 11.2. The molecule has 0 bridgehead atoms. The maximum Gasteiger partial charge on any atom is 0.418 e. The predicted molar refractivity (Wildman–Crippen MR) is 149 cm³/mol. The van der Waals surface area contributed by atoms with Crippen molar-refractivity contribution in [3.05, 3.63) is 77.7 Å². The summed E-state index contributed by atoms with van der Waals surface area (Å²) in [4.78, 5) is 26.6. The SMILES string of the molecule is CC(C)(C)c1ccc(Nc2nc(CN3C[C@H](O)C[C@H]3C(=O)O)nc3cc(-c4ncccc4C(F)(F)F)ccc23)cc1. The maximum absolute atomic E-state index is 13.7. The summed E-state index contributed by atoms with van der Waals surface area (Å²) < 4.78 is 41.2. The number of hydrogen-bond donors (Lipinski definition) is 3. The Hall–Kier alpha value is -4.09. The number of halogens is 3. The van der Waals surface area contributed by atoms with E-state index in [1.807, 2.05) is 24.3 Å². The fraction of sp³-hybridized carbons (Fsp3) is 0.333. The van der Waals surface area contributed by atoms with Crippen molar-refractivity contribution < 1.29 is 28.2 Å². The molecule has 1 fully saturated rings. The number of carbonyl (C=O) groups is 1. The average Bonchev–Trinajstić information content (AvgIpc) is 3.27. The summed E-state index contributed by atoms with van der Waals surface area (Å²) >= 11 is 0. The van der Waals surface area contributed by atoms with Crippen molar-refractivity contribution in [2.75, 3.05) is 11.9 Å². The number of nitrogens with zero attached hydrogens (tertiary/aromatic N) is 4. The number of alkyl halides is 3. The van der Waals surface area contributed by atoms with Crippen LogP contribution in [0.3, 0.4) is 0 Å². The minimum Gasteiger partial charge on any atom is -0.480 e. The third-order valence-corrected chi connectivity index (χ3v) is 7.15. The van der Waals surface area contributed by atoms with Crippen LogP contribution in [-0.4, -0.2) is 54.7 Å². The average molecular weight is 566 g/mol. The number of likely N-dealkylation sites (tertiary alicyclic amines) is 1. The highest BCUT2D eigenvalue weighted by Gasteiger charge is 2.37. The van der Waals surface area contributed by atoms with Gasteiger partial charge in [-0.2, -0.15) is 13.2 Å². The molecule has 0 saturated carbocycles. The normalized spacial score (nSPS) is 18.1. The molecule has 8 nitrogen and oxygen atoms in total. The zero-order valence-electron chi connectivity index (χ0n) is 22.8. The highest BCUT2D eigenvalue weighted by molar-refractivity contribution is 5.93. The molecule has 2 atom stereocenters. The van der Waals surface area contributed by atoms with Crippen LogP contribution in [0, 0.1) is 0 Å². The Balaban J connectivity index is 1.59. The Morgan fingerprint density at radius 3 is 2.46 bits per heavy atom. The first-order chi connectivity index (χ1) is 19.3. The lowest BCUT2D eigenvalue weighted by Crippen LogP contribution is -2.36. The number of benzene rings is 2. The summed E-state index contributed by atoms with van der Waals surface area (Å²) in [6, 6.07) is 13.9. The van der Waals surface area contributed by atoms with E-state index in [2.05, 4.69) is 41.0 Å². The molecule has 1 saturated heterocycles. The molecule has 4 aromatic rings. The zero-order chi connectivity index (χ0) is 29.5. The van der Waals surface area contributed by atoms with Crippen molar-refractivity contribution in [2.45, 2.75) is 57.5 Å². The van der Waals surface area contributed by atoms with Gasteiger partial charge in [0.2, 0.25) is 0 Å². The smallest absolute Gasteiger partial charge is 0.418 e. The summed E-state index contributed by atoms with van der Waals surface area (Å²) in [6.45, 7) is 6.51. The monoisotopic (exact) mass is 565 g/mol. The summed E-state index contributed by atoms with van der Waals surface area (Å²) in [5.74, 6) is -0.374. The Labute approximate surface area is 234 Å². The van der Waals surface area contributed by atoms with Gasteiger partial charge in [0.25, 0.3) is 0 Å². The van der Waals surface area contributed by atoms with E-state index in [1.165, 1.54) is 18.3 Å². The quantitative estimate of drug-likeness (QED) is 0.270. The van der Waals surface area contributed by atoms with Crippen molar-refractivity contribution in [3.63, 3.8) is 0 Å². The predicted octanol–water partition coefficient (Wildman–Crippen LogP) is 5.77. The highest BCUT2D eigenvalue weighted by Crippen LogP contribution is 2.37. The number of aliphatic carboxylic acids is 1. The van der Waals surface area contributed by atoms with Crippen molar-refractivity contribution >= 4 is 28.4 Å². The number of nitrogens with one attached hydrogen (secondary N) is 1. The van der Waals surface area contributed by atoms with E-state index >= 15 is 0 Å². The minimum atomic E-state index is -4.59. The van der Waals surface area contributed by atoms with Gasteiger partial charge in [-0.05, 0) is 47.4 Å². The summed E-state index contributed by atoms with van der Waals surface area (Å²) in [5.41, 5.74) is 1.37. The molecular weight excluding hydrogens is 535 g/mol. The first kappa shape index (κ1) is 28.4. The van der Waals surface area contributed by atoms with E-state index in [-0.39, 0.29) is 42.0 Å². The molecule has 0 spiro atoms. The second kappa shape index (κ2) is 10.7. The number of hydrogen-bond acceptors (Lipinski definition) is 7. The zero-order valence-corrected chi connectivity index (χ0v) is 22.8. The van der Waals surface area contributed by atoms with E-state index in [0.717, 1.165) is 17.3 Å². The summed E-state index contributed by atoms with van der Waals surface area (Å²) in [5, 5.41) is 23.6. The number of rotatable bonds is 6. The number of carboxylic acid groups (broad SMARTS) is 1. The molecule has 2 aromatic carbocycles. The molecule has 214 valence electrons. The van der Waals surface area contributed by atoms with Crippen molar-refractivity contribution in [1.29, 1.82) is 0 Å². The lowest BCUT2D eigenvalue weighted by Gasteiger charge is -2.21. The molecular formula is C30H30F3N5O3. The van der Waals surface area contributed by atoms with Gasteiger partial charge in [0, 0.05) is 35.8 Å². The number of fused-ring (bicyclic) bond motifs is 1. The third kappa shape index (κ3) is 6.15. The van der Waals surface area contributed by atoms with Gasteiger partial charge in [-0.15, -0.1) is 0 Å². The molecule has 3 heterocycles. The maximum atomic E-state index is 13.7. The van der Waals surface area contributed by atoms with Crippen molar-refractivity contribution in [2.24, 2.45) is 0 Å². The van der Waals surface area contributed by atoms with Gasteiger partial charge < -0.3 is 15.5 Å². The number of anilines is 2. The number of aliphatic hydroxyl groups is 1. The van der Waals surface area contributed by atoms with Gasteiger partial charge in [-0.1, -0.05) is 39.0 Å². The van der Waals surface area contributed by atoms with E-state index in [9.17, 15) is 28.2 Å². The molecule has 41 heavy (non-hydrogen) atoms. The van der Waals surface area contributed by atoms with Crippen LogP contribution in [0.15, 0.2) is 60.8 Å². The van der Waals surface area contributed by atoms with Gasteiger partial charge >= 0.3 is 12.1 Å². The first-order valence-electron chi connectivity index (χ1n) is 13.2. The Morgan fingerprint density at radius 2 is 1.80 bits per heavy atom. The van der Waals surface area contributed by atoms with Crippen molar-refractivity contribution in [3.8, 4) is 11.3 Å². The Bertz CT molecular complexity index is 1590. The van der Waals surface area contributed by atoms with E-state index in [4.69, 9.17) is 0 Å². The number of carboxylic acids is 1. The molecule has 0 radical (unpaired) electrons. The summed E-state index contributed by atoms with van der Waals surface area (Å²) in [6.07, 6.45) is -4.01. The van der Waals surface area contributed by atoms with Gasteiger partial charge in [-0.3, -0.25) is 14.7 Å². The van der Waals surface area contributed by atoms with Gasteiger partial charge in [0.05, 0.1) is 29.4 Å². The highest BCUT2D eigenvalue weighted by atomic mass is 19.4. The molecule has 1 aliphatic heterocycles. The second-order valence-electron chi connectivity index (χ2n) is 11.2. The first-order valence-corrected chi connectivity index (χ1v) is 13.2.